The Morgan fingerprint density at radius 3 is 0.583 bits per heavy atom. The molecule has 0 saturated heterocycles. The average Bonchev–Trinajstić information content (AvgIpc) is 0.659. The third-order valence-electron chi connectivity index (χ3n) is 18.4. The lowest BCUT2D eigenvalue weighted by molar-refractivity contribution is -0.0113. The number of nitrogens with zero attached hydrogens (tertiary/aromatic N) is 1. The van der Waals surface area contributed by atoms with Crippen LogP contribution in [0.25, 0.3) is 0 Å². The number of methoxy groups -OCH3 is 5. The normalized spacial score (nSPS) is 14.4. The van der Waals surface area contributed by atoms with Crippen molar-refractivity contribution in [2.45, 2.75) is 76.0 Å². The molecule has 3 aromatic rings. The first-order valence-corrected chi connectivity index (χ1v) is 37.4. The molecule has 25 nitrogen and oxygen atoms in total. The van der Waals surface area contributed by atoms with Gasteiger partial charge in [0.25, 0.3) is 0 Å². The van der Waals surface area contributed by atoms with Crippen LogP contribution < -0.4 is 4.90 Å². The maximum Gasteiger partial charge on any atom is 0.0701 e. The monoisotopic (exact) mass is 1460 g/mol. The minimum atomic E-state index is -0.775. The Balaban J connectivity index is 1.51. The van der Waals surface area contributed by atoms with Crippen molar-refractivity contribution in [3.63, 3.8) is 0 Å². The van der Waals surface area contributed by atoms with Crippen molar-refractivity contribution < 1.29 is 114 Å². The van der Waals surface area contributed by atoms with Crippen LogP contribution in [0, 0.1) is 20.8 Å². The lowest BCUT2D eigenvalue weighted by Crippen LogP contribution is -2.50. The molecule has 0 spiro atoms. The van der Waals surface area contributed by atoms with Crippen LogP contribution >= 0.6 is 0 Å². The molecule has 0 aromatic heterocycles. The minimum Gasteiger partial charge on any atom is -0.382 e. The van der Waals surface area contributed by atoms with Gasteiger partial charge in [-0.25, -0.2) is 0 Å². The first-order valence-electron chi connectivity index (χ1n) is 37.4. The van der Waals surface area contributed by atoms with E-state index in [9.17, 15) is 0 Å². The smallest absolute Gasteiger partial charge is 0.0701 e. The fraction of sp³-hybridized carbons (Fsp3) is 0.769. The average molecular weight is 1460 g/mol. The molecule has 25 heteroatoms. The molecule has 3 aromatic carbocycles. The van der Waals surface area contributed by atoms with Crippen LogP contribution in [0.15, 0.2) is 36.4 Å². The second kappa shape index (κ2) is 54.1. The van der Waals surface area contributed by atoms with Crippen molar-refractivity contribution in [1.82, 2.24) is 0 Å². The van der Waals surface area contributed by atoms with E-state index in [-0.39, 0.29) is 0 Å². The van der Waals surface area contributed by atoms with Crippen LogP contribution in [0.2, 0.25) is 0 Å². The van der Waals surface area contributed by atoms with Gasteiger partial charge in [-0.1, -0.05) is 53.1 Å². The molecule has 6 rings (SSSR count). The van der Waals surface area contributed by atoms with Gasteiger partial charge in [0.15, 0.2) is 0 Å². The SMILES string of the molecule is CCOCCOCCOCCOCC1(CCOCCOCCOCCOC)c2cc(C)cc3c2N2c4c(cc(C)cc4C(CCOCCOCCOCCOC)(CCOCCOCCOCCOC)c4cc(C)cc1c42)C3(CCOCCOCCOCCOC)CCOCCOCCOCCOC. The summed E-state index contributed by atoms with van der Waals surface area (Å²) in [7, 11) is 8.33. The molecule has 0 unspecified atom stereocenters. The second-order valence-electron chi connectivity index (χ2n) is 25.6. The first kappa shape index (κ1) is 88.4. The Labute approximate surface area is 615 Å². The van der Waals surface area contributed by atoms with E-state index in [1.54, 1.807) is 35.5 Å². The largest absolute Gasteiger partial charge is 0.382 e. The van der Waals surface area contributed by atoms with Crippen molar-refractivity contribution in [1.29, 1.82) is 0 Å². The van der Waals surface area contributed by atoms with E-state index in [4.69, 9.17) is 114 Å². The summed E-state index contributed by atoms with van der Waals surface area (Å²) < 4.78 is 143. The van der Waals surface area contributed by atoms with Crippen LogP contribution in [0.1, 0.15) is 89.1 Å². The predicted octanol–water partition coefficient (Wildman–Crippen LogP) is 8.40. The molecule has 3 aliphatic rings. The van der Waals surface area contributed by atoms with Crippen LogP contribution in [-0.4, -0.2) is 320 Å². The molecule has 0 saturated carbocycles. The highest BCUT2D eigenvalue weighted by Gasteiger charge is 2.57. The van der Waals surface area contributed by atoms with Crippen LogP contribution in [-0.2, 0) is 130 Å². The van der Waals surface area contributed by atoms with E-state index in [0.29, 0.717) is 316 Å². The minimum absolute atomic E-state index is 0.329. The Kier molecular flexibility index (Phi) is 46.5. The van der Waals surface area contributed by atoms with Gasteiger partial charge in [0.05, 0.1) is 262 Å². The summed E-state index contributed by atoms with van der Waals surface area (Å²) in [4.78, 5) is 2.63. The number of rotatable bonds is 72. The van der Waals surface area contributed by atoms with Crippen LogP contribution in [0.4, 0.5) is 17.1 Å². The zero-order valence-corrected chi connectivity index (χ0v) is 64.2. The maximum atomic E-state index is 7.14. The standard InChI is InChI=1S/C78H129NO24/c1-10-85-31-32-96-53-54-102-55-56-103-63-78(15-20-90-37-42-101-52-47-95-30-25-84-9)71-61-65(3)59-69-74(71)79-73-67(76(69,11-16-86-33-38-97-48-43-91-26-21-80-5)12-17-87-34-39-98-49-44-92-27-22-81-6)57-64(2)58-68(73)77(70-60-66(4)62-72(78)75(70)79,13-18-88-35-40-99-50-45-93-28-23-82-7)14-19-89-36-41-100-51-46-94-29-24-83-8/h57-62H,10-56,63H2,1-9H3. The maximum absolute atomic E-state index is 7.14. The van der Waals surface area contributed by atoms with Gasteiger partial charge in [-0.15, -0.1) is 0 Å². The van der Waals surface area contributed by atoms with E-state index in [2.05, 4.69) is 62.1 Å². The third-order valence-corrected chi connectivity index (χ3v) is 18.4. The summed E-state index contributed by atoms with van der Waals surface area (Å²) in [5, 5.41) is 0. The quantitative estimate of drug-likeness (QED) is 0.0484. The van der Waals surface area contributed by atoms with E-state index < -0.39 is 16.2 Å². The molecule has 3 aliphatic heterocycles. The molecule has 0 N–H and O–H groups in total. The van der Waals surface area contributed by atoms with E-state index >= 15 is 0 Å². The van der Waals surface area contributed by atoms with Gasteiger partial charge < -0.3 is 119 Å². The summed E-state index contributed by atoms with van der Waals surface area (Å²) in [5.74, 6) is 0. The number of anilines is 3. The summed E-state index contributed by atoms with van der Waals surface area (Å²) >= 11 is 0. The second-order valence-corrected chi connectivity index (χ2v) is 25.6. The predicted molar refractivity (Wildman–Crippen MR) is 391 cm³/mol. The summed E-state index contributed by atoms with van der Waals surface area (Å²) in [5.41, 5.74) is 11.9. The van der Waals surface area contributed by atoms with Crippen molar-refractivity contribution in [3.05, 3.63) is 86.5 Å². The van der Waals surface area contributed by atoms with Gasteiger partial charge in [-0.3, -0.25) is 0 Å². The van der Waals surface area contributed by atoms with Crippen molar-refractivity contribution in [2.75, 3.05) is 325 Å². The van der Waals surface area contributed by atoms with Crippen molar-refractivity contribution >= 4 is 17.1 Å². The molecular formula is C78H129NO24. The number of benzene rings is 3. The molecule has 3 heterocycles. The van der Waals surface area contributed by atoms with Gasteiger partial charge >= 0.3 is 0 Å². The zero-order valence-electron chi connectivity index (χ0n) is 64.2. The van der Waals surface area contributed by atoms with Crippen molar-refractivity contribution in [2.24, 2.45) is 0 Å². The third kappa shape index (κ3) is 29.4. The van der Waals surface area contributed by atoms with Crippen LogP contribution in [0.3, 0.4) is 0 Å². The summed E-state index contributed by atoms with van der Waals surface area (Å²) in [6, 6.07) is 14.5. The number of hydrogen-bond donors (Lipinski definition) is 0. The van der Waals surface area contributed by atoms with Crippen LogP contribution in [0.5, 0.6) is 0 Å². The Hall–Kier alpha value is -3.50. The lowest BCUT2D eigenvalue weighted by atomic mass is 9.55. The Morgan fingerprint density at radius 1 is 0.214 bits per heavy atom. The van der Waals surface area contributed by atoms with Gasteiger partial charge in [-0.2, -0.15) is 0 Å². The highest BCUT2D eigenvalue weighted by atomic mass is 16.6. The molecule has 0 aliphatic carbocycles. The topological polar surface area (TPSA) is 225 Å². The van der Waals surface area contributed by atoms with Gasteiger partial charge in [0.1, 0.15) is 0 Å². The molecule has 0 atom stereocenters. The lowest BCUT2D eigenvalue weighted by Gasteiger charge is -2.58. The molecule has 0 amide bonds. The fourth-order valence-corrected chi connectivity index (χ4v) is 13.4. The first-order chi connectivity index (χ1) is 50.7. The van der Waals surface area contributed by atoms with E-state index in [0.717, 1.165) is 33.8 Å². The van der Waals surface area contributed by atoms with Gasteiger partial charge in [0, 0.05) is 91.4 Å². The van der Waals surface area contributed by atoms with Gasteiger partial charge in [0.2, 0.25) is 0 Å². The number of ether oxygens (including phenoxy) is 24. The highest BCUT2D eigenvalue weighted by molar-refractivity contribution is 5.99. The molecule has 0 fully saturated rings. The Morgan fingerprint density at radius 2 is 0.379 bits per heavy atom. The van der Waals surface area contributed by atoms with Gasteiger partial charge in [-0.05, 0) is 93.2 Å². The molecule has 0 radical (unpaired) electrons. The summed E-state index contributed by atoms with van der Waals surface area (Å²) in [6.07, 6.45) is 3.10. The van der Waals surface area contributed by atoms with E-state index in [1.807, 2.05) is 6.92 Å². The van der Waals surface area contributed by atoms with E-state index in [1.165, 1.54) is 33.4 Å². The molecule has 103 heavy (non-hydrogen) atoms. The molecular weight excluding hydrogens is 1330 g/mol. The highest BCUT2D eigenvalue weighted by Crippen LogP contribution is 2.69. The molecule has 590 valence electrons. The fourth-order valence-electron chi connectivity index (χ4n) is 13.4. The Bertz CT molecular complexity index is 2210. The number of hydrogen-bond acceptors (Lipinski definition) is 25. The number of aryl methyl sites for hydroxylation is 3. The summed E-state index contributed by atoms with van der Waals surface area (Å²) in [6.45, 7) is 28.3. The zero-order chi connectivity index (χ0) is 73.2. The molecule has 0 bridgehead atoms. The van der Waals surface area contributed by atoms with Crippen molar-refractivity contribution in [3.8, 4) is 0 Å².